The standard InChI is InChI=1S/C10H17NO3/c1-7(2)11(9(13)14)10(3)5-4-8(12)6-10/h7H,4-6H2,1-3H3,(H,13,14). The number of hydrogen-bond acceptors (Lipinski definition) is 2. The Morgan fingerprint density at radius 3 is 2.43 bits per heavy atom. The molecule has 1 fully saturated rings. The molecule has 0 aromatic rings. The summed E-state index contributed by atoms with van der Waals surface area (Å²) in [7, 11) is 0. The number of amides is 1. The molecule has 0 aromatic heterocycles. The van der Waals surface area contributed by atoms with Gasteiger partial charge in [-0.3, -0.25) is 4.79 Å². The van der Waals surface area contributed by atoms with Gasteiger partial charge < -0.3 is 10.0 Å². The smallest absolute Gasteiger partial charge is 0.407 e. The number of carbonyl (C=O) groups is 2. The second-order valence-electron chi connectivity index (χ2n) is 4.46. The van der Waals surface area contributed by atoms with Gasteiger partial charge in [0.15, 0.2) is 0 Å². The Balaban J connectivity index is 2.87. The summed E-state index contributed by atoms with van der Waals surface area (Å²) in [5.74, 6) is 0.166. The van der Waals surface area contributed by atoms with Crippen molar-refractivity contribution in [3.8, 4) is 0 Å². The van der Waals surface area contributed by atoms with E-state index in [1.165, 1.54) is 4.90 Å². The van der Waals surface area contributed by atoms with Crippen LogP contribution in [-0.2, 0) is 4.79 Å². The van der Waals surface area contributed by atoms with Gasteiger partial charge in [-0.2, -0.15) is 0 Å². The Labute approximate surface area is 83.9 Å². The first-order valence-electron chi connectivity index (χ1n) is 4.91. The van der Waals surface area contributed by atoms with Crippen molar-refractivity contribution in [2.45, 2.75) is 51.6 Å². The molecule has 0 radical (unpaired) electrons. The number of rotatable bonds is 2. The van der Waals surface area contributed by atoms with Gasteiger partial charge in [-0.15, -0.1) is 0 Å². The minimum absolute atomic E-state index is 0.0802. The molecule has 14 heavy (non-hydrogen) atoms. The fourth-order valence-electron chi connectivity index (χ4n) is 2.29. The second-order valence-corrected chi connectivity index (χ2v) is 4.46. The topological polar surface area (TPSA) is 57.6 Å². The minimum atomic E-state index is -0.933. The van der Waals surface area contributed by atoms with Crippen molar-refractivity contribution < 1.29 is 14.7 Å². The molecule has 0 saturated heterocycles. The molecule has 1 N–H and O–H groups in total. The van der Waals surface area contributed by atoms with Crippen LogP contribution in [0.5, 0.6) is 0 Å². The lowest BCUT2D eigenvalue weighted by molar-refractivity contribution is -0.118. The Morgan fingerprint density at radius 1 is 1.57 bits per heavy atom. The summed E-state index contributed by atoms with van der Waals surface area (Å²) in [6.07, 6.45) is 0.582. The fourth-order valence-corrected chi connectivity index (χ4v) is 2.29. The highest BCUT2D eigenvalue weighted by Gasteiger charge is 2.42. The van der Waals surface area contributed by atoms with E-state index >= 15 is 0 Å². The Kier molecular flexibility index (Phi) is 2.83. The predicted octanol–water partition coefficient (Wildman–Crippen LogP) is 1.89. The second kappa shape index (κ2) is 3.59. The van der Waals surface area contributed by atoms with Gasteiger partial charge in [0.05, 0.1) is 5.54 Å². The van der Waals surface area contributed by atoms with Gasteiger partial charge in [-0.05, 0) is 27.2 Å². The van der Waals surface area contributed by atoms with E-state index in [-0.39, 0.29) is 11.8 Å². The van der Waals surface area contributed by atoms with E-state index in [0.717, 1.165) is 0 Å². The van der Waals surface area contributed by atoms with Gasteiger partial charge >= 0.3 is 6.09 Å². The fraction of sp³-hybridized carbons (Fsp3) is 0.800. The van der Waals surface area contributed by atoms with Crippen molar-refractivity contribution in [2.75, 3.05) is 0 Å². The van der Waals surface area contributed by atoms with Crippen molar-refractivity contribution in [1.29, 1.82) is 0 Å². The summed E-state index contributed by atoms with van der Waals surface area (Å²) < 4.78 is 0. The molecule has 0 aromatic carbocycles. The van der Waals surface area contributed by atoms with Crippen molar-refractivity contribution in [3.05, 3.63) is 0 Å². The van der Waals surface area contributed by atoms with E-state index in [1.54, 1.807) is 0 Å². The molecule has 0 spiro atoms. The molecular weight excluding hydrogens is 182 g/mol. The molecule has 0 heterocycles. The third kappa shape index (κ3) is 1.89. The van der Waals surface area contributed by atoms with Gasteiger partial charge in [0.2, 0.25) is 0 Å². The third-order valence-electron chi connectivity index (χ3n) is 2.82. The highest BCUT2D eigenvalue weighted by Crippen LogP contribution is 2.34. The van der Waals surface area contributed by atoms with Crippen LogP contribution < -0.4 is 0 Å². The lowest BCUT2D eigenvalue weighted by Gasteiger charge is -2.38. The molecule has 4 heteroatoms. The van der Waals surface area contributed by atoms with Crippen LogP contribution in [0, 0.1) is 0 Å². The first-order chi connectivity index (χ1) is 6.37. The van der Waals surface area contributed by atoms with Crippen LogP contribution in [0.2, 0.25) is 0 Å². The van der Waals surface area contributed by atoms with Gasteiger partial charge in [0.1, 0.15) is 5.78 Å². The zero-order valence-corrected chi connectivity index (χ0v) is 8.91. The number of carboxylic acid groups (broad SMARTS) is 1. The Hall–Kier alpha value is -1.06. The molecule has 1 aliphatic rings. The van der Waals surface area contributed by atoms with Crippen LogP contribution in [-0.4, -0.2) is 33.5 Å². The first-order valence-corrected chi connectivity index (χ1v) is 4.91. The zero-order valence-electron chi connectivity index (χ0n) is 8.91. The summed E-state index contributed by atoms with van der Waals surface area (Å²) in [6, 6.07) is -0.0802. The summed E-state index contributed by atoms with van der Waals surface area (Å²) in [5.41, 5.74) is -0.489. The molecule has 1 rings (SSSR count). The minimum Gasteiger partial charge on any atom is -0.465 e. The van der Waals surface area contributed by atoms with E-state index in [1.807, 2.05) is 20.8 Å². The molecule has 1 amide bonds. The number of nitrogens with zero attached hydrogens (tertiary/aromatic N) is 1. The van der Waals surface area contributed by atoms with E-state index in [0.29, 0.717) is 19.3 Å². The molecule has 1 unspecified atom stereocenters. The third-order valence-corrected chi connectivity index (χ3v) is 2.82. The van der Waals surface area contributed by atoms with Crippen molar-refractivity contribution >= 4 is 11.9 Å². The van der Waals surface area contributed by atoms with Crippen LogP contribution in [0.3, 0.4) is 0 Å². The van der Waals surface area contributed by atoms with Crippen molar-refractivity contribution in [3.63, 3.8) is 0 Å². The van der Waals surface area contributed by atoms with Crippen LogP contribution in [0.25, 0.3) is 0 Å². The van der Waals surface area contributed by atoms with Gasteiger partial charge in [-0.1, -0.05) is 0 Å². The quantitative estimate of drug-likeness (QED) is 0.738. The van der Waals surface area contributed by atoms with Crippen LogP contribution >= 0.6 is 0 Å². The maximum atomic E-state index is 11.2. The van der Waals surface area contributed by atoms with Gasteiger partial charge in [-0.25, -0.2) is 4.79 Å². The number of carbonyl (C=O) groups excluding carboxylic acids is 1. The monoisotopic (exact) mass is 199 g/mol. The first kappa shape index (κ1) is 11.0. The maximum absolute atomic E-state index is 11.2. The largest absolute Gasteiger partial charge is 0.465 e. The molecule has 0 aliphatic heterocycles. The molecule has 80 valence electrons. The molecule has 0 bridgehead atoms. The predicted molar refractivity (Wildman–Crippen MR) is 52.3 cm³/mol. The lowest BCUT2D eigenvalue weighted by Crippen LogP contribution is -2.51. The lowest BCUT2D eigenvalue weighted by atomic mass is 9.97. The SMILES string of the molecule is CC(C)N(C(=O)O)C1(C)CCC(=O)C1. The average molecular weight is 199 g/mol. The molecule has 1 aliphatic carbocycles. The van der Waals surface area contributed by atoms with E-state index < -0.39 is 11.6 Å². The summed E-state index contributed by atoms with van der Waals surface area (Å²) in [6.45, 7) is 5.52. The number of Topliss-reactive ketones (excluding diaryl/α,β-unsaturated/α-hetero) is 1. The summed E-state index contributed by atoms with van der Waals surface area (Å²) in [5, 5.41) is 9.07. The van der Waals surface area contributed by atoms with Crippen LogP contribution in [0.15, 0.2) is 0 Å². The Morgan fingerprint density at radius 2 is 2.14 bits per heavy atom. The molecular formula is C10H17NO3. The molecule has 4 nitrogen and oxygen atoms in total. The average Bonchev–Trinajstić information content (AvgIpc) is 2.28. The van der Waals surface area contributed by atoms with Gasteiger partial charge in [0, 0.05) is 18.9 Å². The normalized spacial score (nSPS) is 27.0. The highest BCUT2D eigenvalue weighted by molar-refractivity contribution is 5.83. The van der Waals surface area contributed by atoms with Crippen molar-refractivity contribution in [1.82, 2.24) is 4.90 Å². The van der Waals surface area contributed by atoms with Crippen LogP contribution in [0.4, 0.5) is 4.79 Å². The summed E-state index contributed by atoms with van der Waals surface area (Å²) >= 11 is 0. The van der Waals surface area contributed by atoms with Crippen molar-refractivity contribution in [2.24, 2.45) is 0 Å². The molecule has 1 atom stereocenters. The zero-order chi connectivity index (χ0) is 10.9. The number of hydrogen-bond donors (Lipinski definition) is 1. The van der Waals surface area contributed by atoms with Crippen LogP contribution in [0.1, 0.15) is 40.0 Å². The summed E-state index contributed by atoms with van der Waals surface area (Å²) in [4.78, 5) is 23.6. The Bertz CT molecular complexity index is 262. The molecule has 1 saturated carbocycles. The van der Waals surface area contributed by atoms with Gasteiger partial charge in [0.25, 0.3) is 0 Å². The van der Waals surface area contributed by atoms with E-state index in [2.05, 4.69) is 0 Å². The maximum Gasteiger partial charge on any atom is 0.407 e. The highest BCUT2D eigenvalue weighted by atomic mass is 16.4. The van der Waals surface area contributed by atoms with E-state index in [9.17, 15) is 9.59 Å². The number of ketones is 1. The van der Waals surface area contributed by atoms with E-state index in [4.69, 9.17) is 5.11 Å².